The monoisotopic (exact) mass is 473 g/mol. The van der Waals surface area contributed by atoms with E-state index in [0.717, 1.165) is 25.6 Å². The molecule has 148 valence electrons. The molecule has 0 aromatic heterocycles. The molecule has 1 aliphatic heterocycles. The van der Waals surface area contributed by atoms with Crippen molar-refractivity contribution < 1.29 is 0 Å². The van der Waals surface area contributed by atoms with Gasteiger partial charge in [0.2, 0.25) is 0 Å². The minimum absolute atomic E-state index is 0. The molecule has 6 heteroatoms. The smallest absolute Gasteiger partial charge is 0.193 e. The van der Waals surface area contributed by atoms with Crippen LogP contribution in [-0.4, -0.2) is 80.6 Å². The van der Waals surface area contributed by atoms with Gasteiger partial charge in [-0.05, 0) is 18.0 Å². The maximum Gasteiger partial charge on any atom is 0.193 e. The zero-order valence-corrected chi connectivity index (χ0v) is 19.1. The molecule has 26 heavy (non-hydrogen) atoms. The maximum atomic E-state index is 4.44. The summed E-state index contributed by atoms with van der Waals surface area (Å²) in [7, 11) is 3.95. The molecule has 1 fully saturated rings. The van der Waals surface area contributed by atoms with E-state index in [2.05, 4.69) is 76.2 Å². The standard InChI is InChI=1S/C20H35N5.HI/c1-5-24-11-13-25(14-12-24)16-18(2)15-22-20(21-3)23(4)17-19-9-7-6-8-10-19;/h6-10,18H,5,11-17H2,1-4H3,(H,21,22);1H. The second kappa shape index (κ2) is 12.5. The quantitative estimate of drug-likeness (QED) is 0.375. The summed E-state index contributed by atoms with van der Waals surface area (Å²) in [5.74, 6) is 1.57. The second-order valence-corrected chi connectivity index (χ2v) is 7.11. The molecular formula is C20H36IN5. The molecule has 1 saturated heterocycles. The van der Waals surface area contributed by atoms with Crippen LogP contribution in [0.5, 0.6) is 0 Å². The fourth-order valence-corrected chi connectivity index (χ4v) is 3.38. The highest BCUT2D eigenvalue weighted by molar-refractivity contribution is 14.0. The van der Waals surface area contributed by atoms with Gasteiger partial charge in [0.05, 0.1) is 0 Å². The Hall–Kier alpha value is -0.860. The van der Waals surface area contributed by atoms with E-state index in [-0.39, 0.29) is 24.0 Å². The van der Waals surface area contributed by atoms with Gasteiger partial charge >= 0.3 is 0 Å². The van der Waals surface area contributed by atoms with E-state index in [9.17, 15) is 0 Å². The van der Waals surface area contributed by atoms with Crippen molar-refractivity contribution >= 4 is 29.9 Å². The first-order valence-electron chi connectivity index (χ1n) is 9.52. The van der Waals surface area contributed by atoms with Crippen molar-refractivity contribution in [3.8, 4) is 0 Å². The number of guanidine groups is 1. The van der Waals surface area contributed by atoms with Gasteiger partial charge in [0.1, 0.15) is 0 Å². The lowest BCUT2D eigenvalue weighted by molar-refractivity contribution is 0.124. The molecule has 1 N–H and O–H groups in total. The summed E-state index contributed by atoms with van der Waals surface area (Å²) in [5.41, 5.74) is 1.30. The molecule has 1 aromatic carbocycles. The van der Waals surface area contributed by atoms with Gasteiger partial charge in [-0.25, -0.2) is 0 Å². The predicted molar refractivity (Wildman–Crippen MR) is 122 cm³/mol. The van der Waals surface area contributed by atoms with Gasteiger partial charge < -0.3 is 20.0 Å². The molecule has 0 saturated carbocycles. The van der Waals surface area contributed by atoms with E-state index < -0.39 is 0 Å². The normalized spacial score (nSPS) is 17.5. The molecule has 0 amide bonds. The van der Waals surface area contributed by atoms with Gasteiger partial charge in [0.15, 0.2) is 5.96 Å². The highest BCUT2D eigenvalue weighted by atomic mass is 127. The van der Waals surface area contributed by atoms with E-state index in [1.807, 2.05) is 7.05 Å². The number of piperazine rings is 1. The lowest BCUT2D eigenvalue weighted by Crippen LogP contribution is -2.48. The van der Waals surface area contributed by atoms with Crippen molar-refractivity contribution in [3.05, 3.63) is 35.9 Å². The zero-order chi connectivity index (χ0) is 18.1. The van der Waals surface area contributed by atoms with Gasteiger partial charge in [0.25, 0.3) is 0 Å². The topological polar surface area (TPSA) is 34.1 Å². The summed E-state index contributed by atoms with van der Waals surface area (Å²) < 4.78 is 0. The van der Waals surface area contributed by atoms with Crippen LogP contribution >= 0.6 is 24.0 Å². The van der Waals surface area contributed by atoms with Crippen LogP contribution < -0.4 is 5.32 Å². The number of halogens is 1. The Kier molecular flexibility index (Phi) is 11.2. The number of aliphatic imine (C=N–C) groups is 1. The molecule has 2 rings (SSSR count). The van der Waals surface area contributed by atoms with Crippen molar-refractivity contribution in [2.75, 3.05) is 59.9 Å². The number of hydrogen-bond donors (Lipinski definition) is 1. The van der Waals surface area contributed by atoms with Crippen LogP contribution in [0.4, 0.5) is 0 Å². The van der Waals surface area contributed by atoms with Gasteiger partial charge in [-0.3, -0.25) is 4.99 Å². The predicted octanol–water partition coefficient (Wildman–Crippen LogP) is 2.59. The van der Waals surface area contributed by atoms with Crippen LogP contribution in [0.15, 0.2) is 35.3 Å². The van der Waals surface area contributed by atoms with Crippen molar-refractivity contribution in [1.29, 1.82) is 0 Å². The first-order valence-corrected chi connectivity index (χ1v) is 9.52. The summed E-state index contributed by atoms with van der Waals surface area (Å²) in [6.45, 7) is 13.5. The van der Waals surface area contributed by atoms with E-state index in [1.54, 1.807) is 0 Å². The summed E-state index contributed by atoms with van der Waals surface area (Å²) in [5, 5.41) is 3.54. The molecule has 0 radical (unpaired) electrons. The molecule has 0 bridgehead atoms. The summed E-state index contributed by atoms with van der Waals surface area (Å²) >= 11 is 0. The summed E-state index contributed by atoms with van der Waals surface area (Å²) in [6.07, 6.45) is 0. The van der Waals surface area contributed by atoms with Crippen molar-refractivity contribution in [1.82, 2.24) is 20.0 Å². The Morgan fingerprint density at radius 2 is 1.77 bits per heavy atom. The molecule has 5 nitrogen and oxygen atoms in total. The Morgan fingerprint density at radius 1 is 1.15 bits per heavy atom. The molecule has 1 unspecified atom stereocenters. The van der Waals surface area contributed by atoms with E-state index in [0.29, 0.717) is 5.92 Å². The molecule has 1 heterocycles. The van der Waals surface area contributed by atoms with E-state index >= 15 is 0 Å². The highest BCUT2D eigenvalue weighted by Gasteiger charge is 2.17. The number of rotatable bonds is 7. The Morgan fingerprint density at radius 3 is 2.35 bits per heavy atom. The van der Waals surface area contributed by atoms with Crippen LogP contribution in [0, 0.1) is 5.92 Å². The number of nitrogens with zero attached hydrogens (tertiary/aromatic N) is 4. The first kappa shape index (κ1) is 23.2. The van der Waals surface area contributed by atoms with Gasteiger partial charge in [-0.15, -0.1) is 24.0 Å². The van der Waals surface area contributed by atoms with Crippen LogP contribution in [0.2, 0.25) is 0 Å². The van der Waals surface area contributed by atoms with Crippen LogP contribution in [-0.2, 0) is 6.54 Å². The van der Waals surface area contributed by atoms with Gasteiger partial charge in [-0.1, -0.05) is 44.2 Å². The highest BCUT2D eigenvalue weighted by Crippen LogP contribution is 2.06. The molecule has 0 spiro atoms. The van der Waals surface area contributed by atoms with Crippen molar-refractivity contribution in [2.24, 2.45) is 10.9 Å². The number of hydrogen-bond acceptors (Lipinski definition) is 3. The fourth-order valence-electron chi connectivity index (χ4n) is 3.38. The third-order valence-electron chi connectivity index (χ3n) is 4.93. The van der Waals surface area contributed by atoms with Crippen LogP contribution in [0.25, 0.3) is 0 Å². The van der Waals surface area contributed by atoms with Crippen molar-refractivity contribution in [3.63, 3.8) is 0 Å². The molecule has 1 aliphatic rings. The Balaban J connectivity index is 0.00000338. The maximum absolute atomic E-state index is 4.44. The first-order chi connectivity index (χ1) is 12.1. The number of likely N-dealkylation sites (N-methyl/N-ethyl adjacent to an activating group) is 1. The van der Waals surface area contributed by atoms with Crippen molar-refractivity contribution in [2.45, 2.75) is 20.4 Å². The zero-order valence-electron chi connectivity index (χ0n) is 16.8. The lowest BCUT2D eigenvalue weighted by Gasteiger charge is -2.35. The van der Waals surface area contributed by atoms with Crippen LogP contribution in [0.1, 0.15) is 19.4 Å². The van der Waals surface area contributed by atoms with Gasteiger partial charge in [-0.2, -0.15) is 0 Å². The summed E-state index contributed by atoms with van der Waals surface area (Å²) in [6, 6.07) is 10.5. The largest absolute Gasteiger partial charge is 0.356 e. The average Bonchev–Trinajstić information content (AvgIpc) is 2.63. The third kappa shape index (κ3) is 7.80. The second-order valence-electron chi connectivity index (χ2n) is 7.11. The van der Waals surface area contributed by atoms with E-state index in [4.69, 9.17) is 0 Å². The van der Waals surface area contributed by atoms with Gasteiger partial charge in [0, 0.05) is 59.9 Å². The Bertz CT molecular complexity index is 514. The molecule has 1 atom stereocenters. The number of benzene rings is 1. The SMILES string of the molecule is CCN1CCN(CC(C)CNC(=NC)N(C)Cc2ccccc2)CC1.I. The fraction of sp³-hybridized carbons (Fsp3) is 0.650. The minimum Gasteiger partial charge on any atom is -0.356 e. The number of nitrogens with one attached hydrogen (secondary N) is 1. The molecule has 0 aliphatic carbocycles. The minimum atomic E-state index is 0. The average molecular weight is 473 g/mol. The van der Waals surface area contributed by atoms with E-state index in [1.165, 1.54) is 38.3 Å². The third-order valence-corrected chi connectivity index (χ3v) is 4.93. The molecular weight excluding hydrogens is 437 g/mol. The lowest BCUT2D eigenvalue weighted by atomic mass is 10.1. The summed E-state index contributed by atoms with van der Waals surface area (Å²) in [4.78, 5) is 11.7. The van der Waals surface area contributed by atoms with Crippen LogP contribution in [0.3, 0.4) is 0 Å². The molecule has 1 aromatic rings. The Labute approximate surface area is 176 Å².